The molecule has 0 spiro atoms. The van der Waals surface area contributed by atoms with Crippen molar-refractivity contribution in [3.8, 4) is 0 Å². The van der Waals surface area contributed by atoms with Gasteiger partial charge in [0, 0.05) is 0 Å². The maximum absolute atomic E-state index is 13.4. The molecule has 2 atom stereocenters. The molecule has 1 aromatic rings. The quantitative estimate of drug-likeness (QED) is 0.752. The molecule has 0 heterocycles. The van der Waals surface area contributed by atoms with Crippen molar-refractivity contribution in [2.24, 2.45) is 17.3 Å². The first-order valence-corrected chi connectivity index (χ1v) is 7.13. The second-order valence-corrected chi connectivity index (χ2v) is 6.60. The largest absolute Gasteiger partial charge is 0.460 e. The summed E-state index contributed by atoms with van der Waals surface area (Å²) in [4.78, 5) is 12.0. The van der Waals surface area contributed by atoms with Crippen LogP contribution >= 0.6 is 23.2 Å². The third-order valence-electron chi connectivity index (χ3n) is 3.89. The van der Waals surface area contributed by atoms with Crippen molar-refractivity contribution >= 4 is 29.2 Å². The number of halogens is 4. The molecule has 0 saturated heterocycles. The van der Waals surface area contributed by atoms with Crippen LogP contribution in [0.15, 0.2) is 28.8 Å². The summed E-state index contributed by atoms with van der Waals surface area (Å²) in [6, 6.07) is 3.49. The number of hydrogen-bond donors (Lipinski definition) is 0. The minimum absolute atomic E-state index is 0.0866. The fraction of sp³-hybridized carbons (Fsp3) is 0.400. The summed E-state index contributed by atoms with van der Waals surface area (Å²) in [5.41, 5.74) is -0.591. The molecule has 114 valence electrons. The third-order valence-corrected chi connectivity index (χ3v) is 4.14. The van der Waals surface area contributed by atoms with Gasteiger partial charge < -0.3 is 4.74 Å². The molecular weight excluding hydrogens is 321 g/mol. The molecule has 1 saturated carbocycles. The van der Waals surface area contributed by atoms with Crippen molar-refractivity contribution in [2.45, 2.75) is 20.5 Å². The molecule has 0 bridgehead atoms. The first-order valence-electron chi connectivity index (χ1n) is 6.37. The second kappa shape index (κ2) is 5.93. The van der Waals surface area contributed by atoms with Crippen molar-refractivity contribution < 1.29 is 18.3 Å². The molecule has 0 aromatic heterocycles. The number of carbonyl (C=O) groups is 1. The van der Waals surface area contributed by atoms with Gasteiger partial charge in [0.05, 0.1) is 11.5 Å². The number of allylic oxidation sites excluding steroid dienone is 1. The van der Waals surface area contributed by atoms with E-state index in [0.29, 0.717) is 0 Å². The Labute approximate surface area is 131 Å². The molecule has 1 fully saturated rings. The van der Waals surface area contributed by atoms with Gasteiger partial charge in [0.1, 0.15) is 22.7 Å². The number of rotatable bonds is 4. The third kappa shape index (κ3) is 3.38. The lowest BCUT2D eigenvalue weighted by molar-refractivity contribution is -0.147. The summed E-state index contributed by atoms with van der Waals surface area (Å²) in [6.45, 7) is 3.32. The van der Waals surface area contributed by atoms with Crippen LogP contribution in [0.1, 0.15) is 19.4 Å². The highest BCUT2D eigenvalue weighted by atomic mass is 35.5. The van der Waals surface area contributed by atoms with Gasteiger partial charge in [0.25, 0.3) is 0 Å². The zero-order chi connectivity index (χ0) is 15.8. The lowest BCUT2D eigenvalue weighted by Crippen LogP contribution is -2.12. The van der Waals surface area contributed by atoms with Gasteiger partial charge in [-0.1, -0.05) is 43.1 Å². The summed E-state index contributed by atoms with van der Waals surface area (Å²) >= 11 is 11.2. The van der Waals surface area contributed by atoms with Crippen LogP contribution in [0.25, 0.3) is 0 Å². The Balaban J connectivity index is 2.02. The average molecular weight is 335 g/mol. The van der Waals surface area contributed by atoms with Crippen LogP contribution in [0, 0.1) is 28.9 Å². The van der Waals surface area contributed by atoms with Crippen LogP contribution in [0.5, 0.6) is 0 Å². The van der Waals surface area contributed by atoms with E-state index in [1.807, 2.05) is 13.8 Å². The summed E-state index contributed by atoms with van der Waals surface area (Å²) < 4.78 is 32.0. The topological polar surface area (TPSA) is 26.3 Å². The fourth-order valence-electron chi connectivity index (χ4n) is 2.48. The molecule has 2 unspecified atom stereocenters. The first-order chi connectivity index (χ1) is 9.75. The SMILES string of the molecule is CC1(C)C(C=C(Cl)Cl)C1C(=O)OCc1c(F)cccc1F. The minimum atomic E-state index is -0.738. The molecule has 6 heteroatoms. The average Bonchev–Trinajstić information content (AvgIpc) is 2.89. The zero-order valence-corrected chi connectivity index (χ0v) is 13.0. The van der Waals surface area contributed by atoms with Crippen LogP contribution in [-0.2, 0) is 16.1 Å². The Morgan fingerprint density at radius 3 is 2.43 bits per heavy atom. The van der Waals surface area contributed by atoms with Gasteiger partial charge in [-0.05, 0) is 29.5 Å². The van der Waals surface area contributed by atoms with Crippen molar-refractivity contribution in [3.63, 3.8) is 0 Å². The van der Waals surface area contributed by atoms with Gasteiger partial charge >= 0.3 is 5.97 Å². The molecule has 1 aliphatic carbocycles. The second-order valence-electron chi connectivity index (χ2n) is 5.59. The van der Waals surface area contributed by atoms with Gasteiger partial charge in [-0.25, -0.2) is 8.78 Å². The standard InChI is InChI=1S/C15H14Cl2F2O2/c1-15(2)9(6-12(16)17)13(15)14(20)21-7-8-10(18)4-3-5-11(8)19/h3-6,9,13H,7H2,1-2H3. The number of hydrogen-bond acceptors (Lipinski definition) is 2. The number of ether oxygens (including phenoxy) is 1. The van der Waals surface area contributed by atoms with Crippen molar-refractivity contribution in [2.75, 3.05) is 0 Å². The van der Waals surface area contributed by atoms with E-state index in [9.17, 15) is 13.6 Å². The lowest BCUT2D eigenvalue weighted by Gasteiger charge is -2.07. The molecule has 2 nitrogen and oxygen atoms in total. The van der Waals surface area contributed by atoms with Crippen molar-refractivity contribution in [1.29, 1.82) is 0 Å². The molecule has 0 N–H and O–H groups in total. The van der Waals surface area contributed by atoms with Crippen LogP contribution < -0.4 is 0 Å². The van der Waals surface area contributed by atoms with Crippen LogP contribution in [0.2, 0.25) is 0 Å². The van der Waals surface area contributed by atoms with Gasteiger partial charge in [-0.3, -0.25) is 4.79 Å². The van der Waals surface area contributed by atoms with E-state index < -0.39 is 30.1 Å². The molecule has 1 aliphatic rings. The normalized spacial score (nSPS) is 22.6. The molecule has 21 heavy (non-hydrogen) atoms. The van der Waals surface area contributed by atoms with E-state index in [-0.39, 0.29) is 21.4 Å². The Morgan fingerprint density at radius 1 is 1.33 bits per heavy atom. The Hall–Kier alpha value is -1.13. The molecule has 1 aromatic carbocycles. The molecule has 0 aliphatic heterocycles. The van der Waals surface area contributed by atoms with E-state index in [4.69, 9.17) is 27.9 Å². The number of benzene rings is 1. The van der Waals surface area contributed by atoms with Crippen molar-refractivity contribution in [3.05, 3.63) is 46.0 Å². The van der Waals surface area contributed by atoms with E-state index >= 15 is 0 Å². The Morgan fingerprint density at radius 2 is 1.90 bits per heavy atom. The minimum Gasteiger partial charge on any atom is -0.460 e. The maximum Gasteiger partial charge on any atom is 0.310 e. The number of carbonyl (C=O) groups excluding carboxylic acids is 1. The molecule has 2 rings (SSSR count). The lowest BCUT2D eigenvalue weighted by atomic mass is 10.1. The predicted molar refractivity (Wildman–Crippen MR) is 76.7 cm³/mol. The van der Waals surface area contributed by atoms with E-state index in [2.05, 4.69) is 0 Å². The monoisotopic (exact) mass is 334 g/mol. The van der Waals surface area contributed by atoms with E-state index in [0.717, 1.165) is 12.1 Å². The summed E-state index contributed by atoms with van der Waals surface area (Å²) in [5.74, 6) is -2.55. The Kier molecular flexibility index (Phi) is 4.59. The molecule has 0 amide bonds. The fourth-order valence-corrected chi connectivity index (χ4v) is 2.75. The van der Waals surface area contributed by atoms with Gasteiger partial charge in [0.15, 0.2) is 0 Å². The molecular formula is C15H14Cl2F2O2. The highest BCUT2D eigenvalue weighted by Gasteiger charge is 2.61. The van der Waals surface area contributed by atoms with Gasteiger partial charge in [-0.15, -0.1) is 0 Å². The predicted octanol–water partition coefficient (Wildman–Crippen LogP) is 4.60. The maximum atomic E-state index is 13.4. The number of esters is 1. The summed E-state index contributed by atoms with van der Waals surface area (Å²) in [5, 5.41) is 0. The van der Waals surface area contributed by atoms with E-state index in [1.54, 1.807) is 6.08 Å². The van der Waals surface area contributed by atoms with Gasteiger partial charge in [0.2, 0.25) is 0 Å². The smallest absolute Gasteiger partial charge is 0.310 e. The highest BCUT2D eigenvalue weighted by molar-refractivity contribution is 6.55. The summed E-state index contributed by atoms with van der Waals surface area (Å²) in [6.07, 6.45) is 1.58. The van der Waals surface area contributed by atoms with Gasteiger partial charge in [-0.2, -0.15) is 0 Å². The van der Waals surface area contributed by atoms with Crippen LogP contribution in [-0.4, -0.2) is 5.97 Å². The zero-order valence-electron chi connectivity index (χ0n) is 11.5. The van der Waals surface area contributed by atoms with E-state index in [1.165, 1.54) is 6.07 Å². The molecule has 0 radical (unpaired) electrons. The highest BCUT2D eigenvalue weighted by Crippen LogP contribution is 2.60. The van der Waals surface area contributed by atoms with Crippen LogP contribution in [0.4, 0.5) is 8.78 Å². The summed E-state index contributed by atoms with van der Waals surface area (Å²) in [7, 11) is 0. The Bertz CT molecular complexity index is 575. The van der Waals surface area contributed by atoms with Crippen LogP contribution in [0.3, 0.4) is 0 Å². The van der Waals surface area contributed by atoms with Crippen molar-refractivity contribution in [1.82, 2.24) is 0 Å². The first kappa shape index (κ1) is 16.2.